The molecule has 9 heavy (non-hydrogen) atoms. The third kappa shape index (κ3) is 5.49. The van der Waals surface area contributed by atoms with Crippen molar-refractivity contribution in [3.63, 3.8) is 0 Å². The highest BCUT2D eigenvalue weighted by atomic mass is 32.2. The van der Waals surface area contributed by atoms with Crippen molar-refractivity contribution >= 4 is 18.0 Å². The van der Waals surface area contributed by atoms with Gasteiger partial charge in [-0.15, -0.1) is 0 Å². The first kappa shape index (κ1) is 8.62. The number of hydrogen-bond donors (Lipinski definition) is 1. The van der Waals surface area contributed by atoms with E-state index in [2.05, 4.69) is 9.46 Å². The maximum atomic E-state index is 10.4. The minimum absolute atomic E-state index is 0.357. The molecule has 0 aromatic carbocycles. The van der Waals surface area contributed by atoms with Gasteiger partial charge >= 0.3 is 6.09 Å². The van der Waals surface area contributed by atoms with E-state index in [1.165, 1.54) is 11.9 Å². The van der Waals surface area contributed by atoms with Crippen LogP contribution < -0.4 is 4.72 Å². The van der Waals surface area contributed by atoms with E-state index in [-0.39, 0.29) is 6.09 Å². The highest BCUT2D eigenvalue weighted by molar-refractivity contribution is 7.97. The minimum atomic E-state index is -0.357. The molecule has 0 bridgehead atoms. The van der Waals surface area contributed by atoms with Crippen molar-refractivity contribution in [1.82, 2.24) is 4.72 Å². The van der Waals surface area contributed by atoms with Crippen LogP contribution in [0.1, 0.15) is 13.3 Å². The standard InChI is InChI=1S/C5H11NO2S/c1-3-4-8-5(7)6-9-2/h3-4H2,1-2H3,(H,6,7). The van der Waals surface area contributed by atoms with Crippen LogP contribution in [0.3, 0.4) is 0 Å². The molecule has 0 rings (SSSR count). The zero-order chi connectivity index (χ0) is 7.11. The van der Waals surface area contributed by atoms with Gasteiger partial charge in [-0.2, -0.15) is 0 Å². The smallest absolute Gasteiger partial charge is 0.417 e. The van der Waals surface area contributed by atoms with E-state index in [9.17, 15) is 4.79 Å². The molecule has 0 saturated carbocycles. The highest BCUT2D eigenvalue weighted by Crippen LogP contribution is 1.86. The van der Waals surface area contributed by atoms with Crippen LogP contribution in [0.5, 0.6) is 0 Å². The summed E-state index contributed by atoms with van der Waals surface area (Å²) in [6, 6.07) is 0. The summed E-state index contributed by atoms with van der Waals surface area (Å²) >= 11 is 1.24. The SMILES string of the molecule is CCCOC(=O)NSC. The van der Waals surface area contributed by atoms with Crippen LogP contribution >= 0.6 is 11.9 Å². The molecule has 4 heteroatoms. The summed E-state index contributed by atoms with van der Waals surface area (Å²) < 4.78 is 7.10. The maximum absolute atomic E-state index is 10.4. The van der Waals surface area contributed by atoms with Gasteiger partial charge in [0.2, 0.25) is 0 Å². The number of carbonyl (C=O) groups excluding carboxylic acids is 1. The molecule has 0 saturated heterocycles. The number of nitrogens with one attached hydrogen (secondary N) is 1. The topological polar surface area (TPSA) is 38.3 Å². The van der Waals surface area contributed by atoms with E-state index in [0.29, 0.717) is 6.61 Å². The summed E-state index contributed by atoms with van der Waals surface area (Å²) in [6.07, 6.45) is 2.28. The fraction of sp³-hybridized carbons (Fsp3) is 0.800. The highest BCUT2D eigenvalue weighted by Gasteiger charge is 1.95. The Morgan fingerprint density at radius 2 is 2.44 bits per heavy atom. The lowest BCUT2D eigenvalue weighted by Gasteiger charge is -2.00. The lowest BCUT2D eigenvalue weighted by Crippen LogP contribution is -2.16. The second-order valence-electron chi connectivity index (χ2n) is 1.44. The summed E-state index contributed by atoms with van der Waals surface area (Å²) in [6.45, 7) is 2.44. The zero-order valence-corrected chi connectivity index (χ0v) is 6.46. The molecule has 0 unspecified atom stereocenters. The van der Waals surface area contributed by atoms with Crippen LogP contribution in [-0.4, -0.2) is 19.0 Å². The average Bonchev–Trinajstić information content (AvgIpc) is 1.85. The van der Waals surface area contributed by atoms with Crippen LogP contribution in [0.15, 0.2) is 0 Å². The van der Waals surface area contributed by atoms with Gasteiger partial charge in [0.1, 0.15) is 0 Å². The van der Waals surface area contributed by atoms with Crippen LogP contribution in [0, 0.1) is 0 Å². The molecule has 0 atom stereocenters. The third-order valence-electron chi connectivity index (χ3n) is 0.623. The first-order chi connectivity index (χ1) is 4.31. The summed E-state index contributed by atoms with van der Waals surface area (Å²) in [5.41, 5.74) is 0. The van der Waals surface area contributed by atoms with Gasteiger partial charge in [0, 0.05) is 6.26 Å². The monoisotopic (exact) mass is 149 g/mol. The Morgan fingerprint density at radius 1 is 1.78 bits per heavy atom. The van der Waals surface area contributed by atoms with Crippen LogP contribution in [0.25, 0.3) is 0 Å². The van der Waals surface area contributed by atoms with Crippen LogP contribution in [0.4, 0.5) is 4.79 Å². The Hall–Kier alpha value is -0.380. The first-order valence-corrected chi connectivity index (χ1v) is 3.99. The predicted octanol–water partition coefficient (Wildman–Crippen LogP) is 1.40. The summed E-state index contributed by atoms with van der Waals surface area (Å²) in [5.74, 6) is 0. The molecular formula is C5H11NO2S. The molecule has 54 valence electrons. The normalized spacial score (nSPS) is 8.67. The zero-order valence-electron chi connectivity index (χ0n) is 5.64. The Labute approximate surface area is 59.3 Å². The Balaban J connectivity index is 3.06. The molecule has 0 aromatic heterocycles. The van der Waals surface area contributed by atoms with E-state index < -0.39 is 0 Å². The van der Waals surface area contributed by atoms with Gasteiger partial charge in [-0.1, -0.05) is 18.9 Å². The number of carbonyl (C=O) groups is 1. The van der Waals surface area contributed by atoms with Crippen molar-refractivity contribution in [2.24, 2.45) is 0 Å². The molecule has 1 N–H and O–H groups in total. The van der Waals surface area contributed by atoms with E-state index >= 15 is 0 Å². The second kappa shape index (κ2) is 5.75. The molecule has 1 amide bonds. The van der Waals surface area contributed by atoms with Gasteiger partial charge in [-0.3, -0.25) is 4.72 Å². The summed E-state index contributed by atoms with van der Waals surface area (Å²) in [5, 5.41) is 0. The van der Waals surface area contributed by atoms with Crippen LogP contribution in [0.2, 0.25) is 0 Å². The van der Waals surface area contributed by atoms with Crippen LogP contribution in [-0.2, 0) is 4.74 Å². The van der Waals surface area contributed by atoms with Gasteiger partial charge in [0.15, 0.2) is 0 Å². The van der Waals surface area contributed by atoms with Crippen molar-refractivity contribution in [2.75, 3.05) is 12.9 Å². The summed E-state index contributed by atoms with van der Waals surface area (Å²) in [7, 11) is 0. The Bertz CT molecular complexity index is 87.0. The lowest BCUT2D eigenvalue weighted by molar-refractivity contribution is 0.153. The van der Waals surface area contributed by atoms with Crippen molar-refractivity contribution in [2.45, 2.75) is 13.3 Å². The van der Waals surface area contributed by atoms with Crippen molar-refractivity contribution in [1.29, 1.82) is 0 Å². The number of rotatable bonds is 3. The molecule has 0 aliphatic rings. The van der Waals surface area contributed by atoms with E-state index in [0.717, 1.165) is 6.42 Å². The van der Waals surface area contributed by atoms with Gasteiger partial charge in [-0.05, 0) is 6.42 Å². The quantitative estimate of drug-likeness (QED) is 0.616. The average molecular weight is 149 g/mol. The van der Waals surface area contributed by atoms with Gasteiger partial charge < -0.3 is 4.74 Å². The predicted molar refractivity (Wildman–Crippen MR) is 38.3 cm³/mol. The maximum Gasteiger partial charge on any atom is 0.417 e. The first-order valence-electron chi connectivity index (χ1n) is 2.77. The van der Waals surface area contributed by atoms with E-state index in [1.54, 1.807) is 6.26 Å². The molecule has 0 aliphatic carbocycles. The van der Waals surface area contributed by atoms with Crippen molar-refractivity contribution in [3.05, 3.63) is 0 Å². The molecule has 0 fully saturated rings. The molecule has 3 nitrogen and oxygen atoms in total. The number of hydrogen-bond acceptors (Lipinski definition) is 3. The number of ether oxygens (including phenoxy) is 1. The number of amides is 1. The third-order valence-corrected chi connectivity index (χ3v) is 0.993. The van der Waals surface area contributed by atoms with E-state index in [4.69, 9.17) is 0 Å². The van der Waals surface area contributed by atoms with Gasteiger partial charge in [0.25, 0.3) is 0 Å². The van der Waals surface area contributed by atoms with E-state index in [1.807, 2.05) is 6.92 Å². The summed E-state index contributed by atoms with van der Waals surface area (Å²) in [4.78, 5) is 10.4. The fourth-order valence-corrected chi connectivity index (χ4v) is 0.533. The molecule has 0 spiro atoms. The molecule has 0 heterocycles. The fourth-order valence-electron chi connectivity index (χ4n) is 0.308. The van der Waals surface area contributed by atoms with Crippen molar-refractivity contribution < 1.29 is 9.53 Å². The van der Waals surface area contributed by atoms with Gasteiger partial charge in [-0.25, -0.2) is 4.79 Å². The molecule has 0 aromatic rings. The molecular weight excluding hydrogens is 138 g/mol. The van der Waals surface area contributed by atoms with Gasteiger partial charge in [0.05, 0.1) is 6.61 Å². The molecule has 0 radical (unpaired) electrons. The molecule has 0 aliphatic heterocycles. The Morgan fingerprint density at radius 3 is 2.89 bits per heavy atom. The largest absolute Gasteiger partial charge is 0.449 e. The minimum Gasteiger partial charge on any atom is -0.449 e. The lowest BCUT2D eigenvalue weighted by atomic mass is 10.5. The second-order valence-corrected chi connectivity index (χ2v) is 2.05. The van der Waals surface area contributed by atoms with Crippen molar-refractivity contribution in [3.8, 4) is 0 Å². The Kier molecular flexibility index (Phi) is 5.51.